The first kappa shape index (κ1) is 15.4. The number of benzene rings is 1. The van der Waals surface area contributed by atoms with Gasteiger partial charge in [0.2, 0.25) is 11.8 Å². The second kappa shape index (κ2) is 6.62. The molecule has 0 aromatic heterocycles. The lowest BCUT2D eigenvalue weighted by molar-refractivity contribution is -0.143. The fraction of sp³-hybridized carbons (Fsp3) is 0.357. The Morgan fingerprint density at radius 1 is 1.33 bits per heavy atom. The summed E-state index contributed by atoms with van der Waals surface area (Å²) in [6.45, 7) is 1.40. The maximum atomic E-state index is 12.3. The van der Waals surface area contributed by atoms with E-state index in [1.165, 1.54) is 23.6 Å². The molecular formula is C14H16N2O4S. The third-order valence-electron chi connectivity index (χ3n) is 3.26. The third-order valence-corrected chi connectivity index (χ3v) is 4.27. The second-order valence-electron chi connectivity index (χ2n) is 4.70. The molecule has 1 heterocycles. The van der Waals surface area contributed by atoms with Crippen molar-refractivity contribution in [1.82, 2.24) is 10.2 Å². The van der Waals surface area contributed by atoms with Gasteiger partial charge in [0, 0.05) is 12.7 Å². The molecule has 7 heteroatoms. The van der Waals surface area contributed by atoms with Crippen LogP contribution in [0, 0.1) is 0 Å². The van der Waals surface area contributed by atoms with Crippen molar-refractivity contribution in [2.75, 3.05) is 11.6 Å². The minimum atomic E-state index is -1.13. The van der Waals surface area contributed by atoms with E-state index in [0.29, 0.717) is 17.2 Å². The van der Waals surface area contributed by atoms with Crippen molar-refractivity contribution >= 4 is 29.5 Å². The summed E-state index contributed by atoms with van der Waals surface area (Å²) in [5.41, 5.74) is 0.498. The highest BCUT2D eigenvalue weighted by molar-refractivity contribution is 7.99. The van der Waals surface area contributed by atoms with Gasteiger partial charge in [-0.2, -0.15) is 0 Å². The summed E-state index contributed by atoms with van der Waals surface area (Å²) in [4.78, 5) is 36.5. The molecule has 2 N–H and O–H groups in total. The van der Waals surface area contributed by atoms with Crippen LogP contribution in [0.3, 0.4) is 0 Å². The normalized spacial score (nSPS) is 19.1. The molecule has 1 fully saturated rings. The quantitative estimate of drug-likeness (QED) is 0.861. The maximum absolute atomic E-state index is 12.3. The Bertz CT molecular complexity index is 549. The Labute approximate surface area is 126 Å². The summed E-state index contributed by atoms with van der Waals surface area (Å²) in [6, 6.07) is 6.76. The number of carbonyl (C=O) groups excluding carboxylic acids is 2. The highest BCUT2D eigenvalue weighted by atomic mass is 32.2. The molecule has 0 aliphatic carbocycles. The minimum Gasteiger partial charge on any atom is -0.479 e. The van der Waals surface area contributed by atoms with Crippen LogP contribution in [-0.4, -0.2) is 45.5 Å². The first-order valence-corrected chi connectivity index (χ1v) is 7.59. The number of nitrogens with one attached hydrogen (secondary N) is 1. The van der Waals surface area contributed by atoms with Crippen LogP contribution in [0.4, 0.5) is 0 Å². The predicted molar refractivity (Wildman–Crippen MR) is 78.6 cm³/mol. The zero-order valence-corrected chi connectivity index (χ0v) is 12.3. The molecule has 1 aliphatic heterocycles. The summed E-state index contributed by atoms with van der Waals surface area (Å²) < 4.78 is 0. The van der Waals surface area contributed by atoms with Crippen molar-refractivity contribution in [3.05, 3.63) is 35.9 Å². The van der Waals surface area contributed by atoms with Crippen LogP contribution in [0.25, 0.3) is 0 Å². The van der Waals surface area contributed by atoms with E-state index < -0.39 is 24.0 Å². The van der Waals surface area contributed by atoms with Crippen molar-refractivity contribution in [3.63, 3.8) is 0 Å². The van der Waals surface area contributed by atoms with Crippen LogP contribution < -0.4 is 5.32 Å². The number of carbonyl (C=O) groups is 3. The number of carboxylic acids is 1. The predicted octanol–water partition coefficient (Wildman–Crippen LogP) is 0.850. The van der Waals surface area contributed by atoms with Crippen LogP contribution in [0.5, 0.6) is 0 Å². The summed E-state index contributed by atoms with van der Waals surface area (Å²) >= 11 is 1.48. The molecule has 6 nitrogen and oxygen atoms in total. The van der Waals surface area contributed by atoms with Gasteiger partial charge in [-0.3, -0.25) is 9.59 Å². The summed E-state index contributed by atoms with van der Waals surface area (Å²) in [7, 11) is 0. The van der Waals surface area contributed by atoms with Gasteiger partial charge in [0.15, 0.2) is 6.04 Å². The fourth-order valence-corrected chi connectivity index (χ4v) is 3.36. The van der Waals surface area contributed by atoms with Gasteiger partial charge in [0.1, 0.15) is 6.04 Å². The minimum absolute atomic E-state index is 0.188. The molecule has 2 rings (SSSR count). The van der Waals surface area contributed by atoms with E-state index in [1.807, 2.05) is 0 Å². The first-order chi connectivity index (χ1) is 10.0. The molecule has 0 spiro atoms. The van der Waals surface area contributed by atoms with Crippen molar-refractivity contribution in [3.8, 4) is 0 Å². The highest BCUT2D eigenvalue weighted by Gasteiger charge is 2.35. The van der Waals surface area contributed by atoms with Gasteiger partial charge in [-0.1, -0.05) is 30.3 Å². The van der Waals surface area contributed by atoms with Gasteiger partial charge in [0.05, 0.1) is 5.88 Å². The van der Waals surface area contributed by atoms with Crippen LogP contribution >= 0.6 is 11.8 Å². The molecule has 0 radical (unpaired) electrons. The second-order valence-corrected chi connectivity index (χ2v) is 5.69. The van der Waals surface area contributed by atoms with E-state index in [9.17, 15) is 19.5 Å². The molecule has 0 saturated carbocycles. The molecular weight excluding hydrogens is 292 g/mol. The Kier molecular flexibility index (Phi) is 4.85. The first-order valence-electron chi connectivity index (χ1n) is 6.43. The number of nitrogens with zero attached hydrogens (tertiary/aromatic N) is 1. The summed E-state index contributed by atoms with van der Waals surface area (Å²) in [5.74, 6) is -0.823. The van der Waals surface area contributed by atoms with Crippen molar-refractivity contribution in [2.45, 2.75) is 19.0 Å². The van der Waals surface area contributed by atoms with Crippen molar-refractivity contribution in [1.29, 1.82) is 0 Å². The topological polar surface area (TPSA) is 86.7 Å². The van der Waals surface area contributed by atoms with Crippen LogP contribution in [0.2, 0.25) is 0 Å². The number of thioether (sulfide) groups is 1. The van der Waals surface area contributed by atoms with Gasteiger partial charge in [0.25, 0.3) is 0 Å². The summed E-state index contributed by atoms with van der Waals surface area (Å²) in [5, 5.41) is 11.8. The van der Waals surface area contributed by atoms with E-state index in [0.717, 1.165) is 0 Å². The van der Waals surface area contributed by atoms with Gasteiger partial charge < -0.3 is 15.3 Å². The van der Waals surface area contributed by atoms with E-state index in [2.05, 4.69) is 5.32 Å². The van der Waals surface area contributed by atoms with Gasteiger partial charge in [-0.15, -0.1) is 11.8 Å². The maximum Gasteiger partial charge on any atom is 0.330 e. The van der Waals surface area contributed by atoms with Crippen LogP contribution in [0.15, 0.2) is 30.3 Å². The molecule has 112 valence electrons. The number of amides is 2. The number of hydrogen-bond donors (Lipinski definition) is 2. The zero-order valence-electron chi connectivity index (χ0n) is 11.5. The molecule has 0 bridgehead atoms. The lowest BCUT2D eigenvalue weighted by Crippen LogP contribution is -2.48. The average Bonchev–Trinajstić information content (AvgIpc) is 2.94. The molecule has 1 saturated heterocycles. The Morgan fingerprint density at radius 2 is 2.00 bits per heavy atom. The zero-order chi connectivity index (χ0) is 15.4. The van der Waals surface area contributed by atoms with E-state index >= 15 is 0 Å². The average molecular weight is 308 g/mol. The number of rotatable bonds is 4. The Balaban J connectivity index is 2.12. The molecule has 1 aromatic carbocycles. The van der Waals surface area contributed by atoms with Crippen LogP contribution in [0.1, 0.15) is 18.5 Å². The van der Waals surface area contributed by atoms with Crippen molar-refractivity contribution in [2.24, 2.45) is 0 Å². The molecule has 0 unspecified atom stereocenters. The molecule has 21 heavy (non-hydrogen) atoms. The molecule has 1 aromatic rings. The summed E-state index contributed by atoms with van der Waals surface area (Å²) in [6.07, 6.45) is 0. The van der Waals surface area contributed by atoms with Gasteiger partial charge >= 0.3 is 5.97 Å². The van der Waals surface area contributed by atoms with E-state index in [-0.39, 0.29) is 5.91 Å². The third kappa shape index (κ3) is 3.55. The van der Waals surface area contributed by atoms with Crippen molar-refractivity contribution < 1.29 is 19.5 Å². The number of aliphatic carboxylic acids is 1. The smallest absolute Gasteiger partial charge is 0.330 e. The Hall–Kier alpha value is -2.02. The number of carboxylic acid groups (broad SMARTS) is 1. The van der Waals surface area contributed by atoms with Gasteiger partial charge in [-0.05, 0) is 5.56 Å². The lowest BCUT2D eigenvalue weighted by Gasteiger charge is -2.23. The van der Waals surface area contributed by atoms with E-state index in [1.54, 1.807) is 30.3 Å². The number of hydrogen-bond acceptors (Lipinski definition) is 4. The SMILES string of the molecule is CC(=O)N1CSC[C@@H]1C(=O)N[C@@H](C(=O)O)c1ccccc1. The molecule has 1 aliphatic rings. The largest absolute Gasteiger partial charge is 0.479 e. The van der Waals surface area contributed by atoms with E-state index in [4.69, 9.17) is 0 Å². The van der Waals surface area contributed by atoms with Gasteiger partial charge in [-0.25, -0.2) is 4.79 Å². The highest BCUT2D eigenvalue weighted by Crippen LogP contribution is 2.22. The molecule has 2 atom stereocenters. The van der Waals surface area contributed by atoms with Crippen LogP contribution in [-0.2, 0) is 14.4 Å². The lowest BCUT2D eigenvalue weighted by atomic mass is 10.1. The monoisotopic (exact) mass is 308 g/mol. The molecule has 2 amide bonds. The Morgan fingerprint density at radius 3 is 2.57 bits per heavy atom. The standard InChI is InChI=1S/C14H16N2O4S/c1-9(17)16-8-21-7-11(16)13(18)15-12(14(19)20)10-5-3-2-4-6-10/h2-6,11-12H,7-8H2,1H3,(H,15,18)(H,19,20)/t11-,12-/m1/s1. The fourth-order valence-electron chi connectivity index (χ4n) is 2.14.